The summed E-state index contributed by atoms with van der Waals surface area (Å²) >= 11 is 0. The number of methoxy groups -OCH3 is 1. The van der Waals surface area contributed by atoms with Gasteiger partial charge in [-0.15, -0.1) is 0 Å². The number of hydrogen-bond donors (Lipinski definition) is 1. The van der Waals surface area contributed by atoms with Crippen molar-refractivity contribution in [3.05, 3.63) is 36.4 Å². The van der Waals surface area contributed by atoms with E-state index in [4.69, 9.17) is 4.74 Å². The molecule has 5 heterocycles. The Morgan fingerprint density at radius 1 is 1.19 bits per heavy atom. The molecule has 160 valence electrons. The van der Waals surface area contributed by atoms with E-state index in [1.165, 1.54) is 6.20 Å². The molecule has 0 saturated carbocycles. The van der Waals surface area contributed by atoms with Gasteiger partial charge in [-0.25, -0.2) is 4.52 Å². The van der Waals surface area contributed by atoms with Crippen molar-refractivity contribution in [2.75, 3.05) is 33.3 Å². The summed E-state index contributed by atoms with van der Waals surface area (Å²) in [7, 11) is 1.59. The van der Waals surface area contributed by atoms with Crippen LogP contribution in [0.5, 0.6) is 5.75 Å². The van der Waals surface area contributed by atoms with Crippen LogP contribution in [-0.2, 0) is 4.79 Å². The highest BCUT2D eigenvalue weighted by Gasteiger charge is 2.32. The number of likely N-dealkylation sites (tertiary alicyclic amines) is 1. The van der Waals surface area contributed by atoms with Gasteiger partial charge in [-0.2, -0.15) is 15.5 Å². The fourth-order valence-corrected chi connectivity index (χ4v) is 4.65. The predicted octanol–water partition coefficient (Wildman–Crippen LogP) is 1.85. The zero-order valence-corrected chi connectivity index (χ0v) is 17.5. The molecule has 1 amide bonds. The van der Waals surface area contributed by atoms with Gasteiger partial charge in [-0.1, -0.05) is 0 Å². The number of piperidine rings is 1. The maximum Gasteiger partial charge on any atom is 0.225 e. The average Bonchev–Trinajstić information content (AvgIpc) is 3.57. The van der Waals surface area contributed by atoms with Crippen molar-refractivity contribution >= 4 is 11.4 Å². The van der Waals surface area contributed by atoms with Crippen molar-refractivity contribution in [3.8, 4) is 22.9 Å². The number of aromatic nitrogens is 4. The molecule has 1 N–H and O–H groups in total. The molecule has 0 spiro atoms. The van der Waals surface area contributed by atoms with Crippen LogP contribution in [0.25, 0.3) is 16.6 Å². The first-order valence-electron chi connectivity index (χ1n) is 10.7. The zero-order valence-electron chi connectivity index (χ0n) is 17.5. The molecule has 3 aromatic rings. The number of ether oxygens (including phenoxy) is 1. The third-order valence-electron chi connectivity index (χ3n) is 6.39. The maximum atomic E-state index is 12.8. The van der Waals surface area contributed by atoms with Crippen LogP contribution in [0.4, 0.5) is 0 Å². The molecule has 0 unspecified atom stereocenters. The molecule has 2 aliphatic heterocycles. The van der Waals surface area contributed by atoms with Crippen LogP contribution in [-0.4, -0.2) is 63.5 Å². The average molecular weight is 419 g/mol. The van der Waals surface area contributed by atoms with Gasteiger partial charge in [-0.3, -0.25) is 9.48 Å². The fourth-order valence-electron chi connectivity index (χ4n) is 4.65. The van der Waals surface area contributed by atoms with Gasteiger partial charge in [-0.05, 0) is 38.4 Å². The smallest absolute Gasteiger partial charge is 0.225 e. The normalized spacial score (nSPS) is 19.6. The Morgan fingerprint density at radius 3 is 2.81 bits per heavy atom. The van der Waals surface area contributed by atoms with Crippen LogP contribution in [0.15, 0.2) is 30.9 Å². The van der Waals surface area contributed by atoms with E-state index in [0.717, 1.165) is 50.0 Å². The zero-order chi connectivity index (χ0) is 21.4. The lowest BCUT2D eigenvalue weighted by molar-refractivity contribution is -0.135. The lowest BCUT2D eigenvalue weighted by Gasteiger charge is -2.26. The second-order valence-electron chi connectivity index (χ2n) is 8.22. The molecule has 5 rings (SSSR count). The molecule has 0 aromatic carbocycles. The first-order chi connectivity index (χ1) is 15.2. The Kier molecular flexibility index (Phi) is 5.08. The summed E-state index contributed by atoms with van der Waals surface area (Å²) in [4.78, 5) is 14.9. The van der Waals surface area contributed by atoms with E-state index in [1.54, 1.807) is 11.6 Å². The lowest BCUT2D eigenvalue weighted by atomic mass is 9.97. The van der Waals surface area contributed by atoms with Gasteiger partial charge in [0, 0.05) is 42.5 Å². The van der Waals surface area contributed by atoms with E-state index in [2.05, 4.69) is 21.6 Å². The molecule has 9 heteroatoms. The van der Waals surface area contributed by atoms with Crippen LogP contribution in [0.3, 0.4) is 0 Å². The number of nitrogens with zero attached hydrogens (tertiary/aromatic N) is 6. The highest BCUT2D eigenvalue weighted by molar-refractivity contribution is 5.79. The van der Waals surface area contributed by atoms with E-state index in [1.807, 2.05) is 34.2 Å². The SMILES string of the molecule is COc1cc(-c2cnn([C@@H]3CCN(C(=O)C4CCNCC4)C3)c2)cn2ncc(C#N)c12. The quantitative estimate of drug-likeness (QED) is 0.693. The lowest BCUT2D eigenvalue weighted by Crippen LogP contribution is -2.40. The number of pyridine rings is 1. The molecule has 0 radical (unpaired) electrons. The van der Waals surface area contributed by atoms with Gasteiger partial charge in [0.1, 0.15) is 22.9 Å². The van der Waals surface area contributed by atoms with Crippen LogP contribution in [0, 0.1) is 17.2 Å². The molecular formula is C22H25N7O2. The largest absolute Gasteiger partial charge is 0.494 e. The monoisotopic (exact) mass is 419 g/mol. The summed E-state index contributed by atoms with van der Waals surface area (Å²) in [5.74, 6) is 1.04. The summed E-state index contributed by atoms with van der Waals surface area (Å²) in [5, 5.41) is 21.5. The van der Waals surface area contributed by atoms with Crippen molar-refractivity contribution in [2.45, 2.75) is 25.3 Å². The van der Waals surface area contributed by atoms with Gasteiger partial charge < -0.3 is 15.0 Å². The van der Waals surface area contributed by atoms with Crippen molar-refractivity contribution in [2.24, 2.45) is 5.92 Å². The second kappa shape index (κ2) is 8.04. The summed E-state index contributed by atoms with van der Waals surface area (Å²) in [6, 6.07) is 4.23. The van der Waals surface area contributed by atoms with Crippen molar-refractivity contribution in [1.29, 1.82) is 5.26 Å². The molecule has 9 nitrogen and oxygen atoms in total. The van der Waals surface area contributed by atoms with E-state index in [-0.39, 0.29) is 12.0 Å². The standard InChI is InChI=1S/C22H25N7O2/c1-31-20-8-16(12-29-21(20)17(9-23)10-26-29)18-11-25-28(13-18)19-4-7-27(14-19)22(30)15-2-5-24-6-3-15/h8,10-13,15,19,24H,2-7,14H2,1H3/t19-/m1/s1. The van der Waals surface area contributed by atoms with Gasteiger partial charge >= 0.3 is 0 Å². The Morgan fingerprint density at radius 2 is 2.03 bits per heavy atom. The Labute approximate surface area is 180 Å². The molecular weight excluding hydrogens is 394 g/mol. The molecule has 2 saturated heterocycles. The van der Waals surface area contributed by atoms with Crippen molar-refractivity contribution < 1.29 is 9.53 Å². The number of nitriles is 1. The summed E-state index contributed by atoms with van der Waals surface area (Å²) in [6.07, 6.45) is 10.0. The van der Waals surface area contributed by atoms with E-state index in [9.17, 15) is 10.1 Å². The fraction of sp³-hybridized carbons (Fsp3) is 0.455. The topological polar surface area (TPSA) is 100 Å². The van der Waals surface area contributed by atoms with Crippen LogP contribution in [0.2, 0.25) is 0 Å². The number of amides is 1. The number of rotatable bonds is 4. The minimum atomic E-state index is 0.153. The molecule has 3 aromatic heterocycles. The van der Waals surface area contributed by atoms with Crippen LogP contribution >= 0.6 is 0 Å². The Hall–Kier alpha value is -3.38. The van der Waals surface area contributed by atoms with Gasteiger partial charge in [0.25, 0.3) is 0 Å². The molecule has 2 fully saturated rings. The van der Waals surface area contributed by atoms with E-state index >= 15 is 0 Å². The summed E-state index contributed by atoms with van der Waals surface area (Å²) in [6.45, 7) is 3.34. The molecule has 0 bridgehead atoms. The second-order valence-corrected chi connectivity index (χ2v) is 8.22. The highest BCUT2D eigenvalue weighted by Crippen LogP contribution is 2.31. The first-order valence-corrected chi connectivity index (χ1v) is 10.7. The highest BCUT2D eigenvalue weighted by atomic mass is 16.5. The van der Waals surface area contributed by atoms with Crippen molar-refractivity contribution in [1.82, 2.24) is 29.6 Å². The van der Waals surface area contributed by atoms with Crippen LogP contribution < -0.4 is 10.1 Å². The molecule has 0 aliphatic carbocycles. The number of fused-ring (bicyclic) bond motifs is 1. The number of carbonyl (C=O) groups is 1. The summed E-state index contributed by atoms with van der Waals surface area (Å²) in [5.41, 5.74) is 2.98. The van der Waals surface area contributed by atoms with Gasteiger partial charge in [0.15, 0.2) is 0 Å². The number of nitrogens with one attached hydrogen (secondary N) is 1. The third-order valence-corrected chi connectivity index (χ3v) is 6.39. The minimum absolute atomic E-state index is 0.153. The Balaban J connectivity index is 1.35. The van der Waals surface area contributed by atoms with Gasteiger partial charge in [0.2, 0.25) is 5.91 Å². The predicted molar refractivity (Wildman–Crippen MR) is 114 cm³/mol. The summed E-state index contributed by atoms with van der Waals surface area (Å²) < 4.78 is 9.14. The first kappa shape index (κ1) is 19.6. The van der Waals surface area contributed by atoms with Crippen LogP contribution in [0.1, 0.15) is 30.9 Å². The van der Waals surface area contributed by atoms with Gasteiger partial charge in [0.05, 0.1) is 25.5 Å². The van der Waals surface area contributed by atoms with E-state index < -0.39 is 0 Å². The number of hydrogen-bond acceptors (Lipinski definition) is 6. The molecule has 31 heavy (non-hydrogen) atoms. The molecule has 2 aliphatic rings. The third kappa shape index (κ3) is 3.53. The van der Waals surface area contributed by atoms with Crippen molar-refractivity contribution in [3.63, 3.8) is 0 Å². The minimum Gasteiger partial charge on any atom is -0.494 e. The van der Waals surface area contributed by atoms with E-state index in [0.29, 0.717) is 29.3 Å². The number of carbonyl (C=O) groups excluding carboxylic acids is 1. The maximum absolute atomic E-state index is 12.8. The Bertz CT molecular complexity index is 1150. The molecule has 1 atom stereocenters.